The lowest BCUT2D eigenvalue weighted by molar-refractivity contribution is -0.127. The van der Waals surface area contributed by atoms with Crippen molar-refractivity contribution >= 4 is 17.5 Å². The van der Waals surface area contributed by atoms with Crippen LogP contribution in [-0.2, 0) is 11.8 Å². The van der Waals surface area contributed by atoms with Crippen LogP contribution < -0.4 is 4.90 Å². The summed E-state index contributed by atoms with van der Waals surface area (Å²) in [7, 11) is 1.72. The first-order chi connectivity index (χ1) is 12.1. The Bertz CT molecular complexity index is 815. The summed E-state index contributed by atoms with van der Waals surface area (Å²) in [5.74, 6) is 0.412. The van der Waals surface area contributed by atoms with Crippen LogP contribution in [0.3, 0.4) is 0 Å². The SMILES string of the molecule is Cn1nncc1C(=O)N1C[C@H](CCN2CCCC2=O)c2ccccc21. The maximum absolute atomic E-state index is 12.9. The van der Waals surface area contributed by atoms with E-state index in [9.17, 15) is 9.59 Å². The van der Waals surface area contributed by atoms with Gasteiger partial charge < -0.3 is 9.80 Å². The molecule has 3 heterocycles. The van der Waals surface area contributed by atoms with E-state index in [1.54, 1.807) is 7.05 Å². The van der Waals surface area contributed by atoms with Crippen LogP contribution >= 0.6 is 0 Å². The number of fused-ring (bicyclic) bond motifs is 1. The number of anilines is 1. The van der Waals surface area contributed by atoms with Crippen LogP contribution in [0.15, 0.2) is 30.5 Å². The molecule has 1 atom stereocenters. The molecule has 2 aromatic rings. The minimum Gasteiger partial charge on any atom is -0.343 e. The van der Waals surface area contributed by atoms with Gasteiger partial charge in [-0.15, -0.1) is 5.10 Å². The van der Waals surface area contributed by atoms with E-state index < -0.39 is 0 Å². The molecule has 0 bridgehead atoms. The fraction of sp³-hybridized carbons (Fsp3) is 0.444. The Kier molecular flexibility index (Phi) is 3.99. The number of para-hydroxylation sites is 1. The number of rotatable bonds is 4. The van der Waals surface area contributed by atoms with Crippen LogP contribution in [0.5, 0.6) is 0 Å². The van der Waals surface area contributed by atoms with Gasteiger partial charge in [-0.1, -0.05) is 23.4 Å². The zero-order valence-corrected chi connectivity index (χ0v) is 14.3. The van der Waals surface area contributed by atoms with Crippen LogP contribution in [-0.4, -0.2) is 51.3 Å². The second-order valence-corrected chi connectivity index (χ2v) is 6.69. The van der Waals surface area contributed by atoms with Gasteiger partial charge in [0.2, 0.25) is 5.91 Å². The van der Waals surface area contributed by atoms with Gasteiger partial charge in [-0.25, -0.2) is 4.68 Å². The lowest BCUT2D eigenvalue weighted by atomic mass is 9.98. The summed E-state index contributed by atoms with van der Waals surface area (Å²) in [5.41, 5.74) is 2.61. The van der Waals surface area contributed by atoms with E-state index in [1.807, 2.05) is 28.0 Å². The molecule has 1 saturated heterocycles. The van der Waals surface area contributed by atoms with E-state index in [1.165, 1.54) is 16.4 Å². The third-order valence-electron chi connectivity index (χ3n) is 5.17. The summed E-state index contributed by atoms with van der Waals surface area (Å²) < 4.78 is 1.50. The molecule has 0 saturated carbocycles. The molecule has 7 nitrogen and oxygen atoms in total. The lowest BCUT2D eigenvalue weighted by Gasteiger charge is -2.19. The highest BCUT2D eigenvalue weighted by Crippen LogP contribution is 2.38. The number of hydrogen-bond donors (Lipinski definition) is 0. The van der Waals surface area contributed by atoms with Crippen LogP contribution in [0.1, 0.15) is 41.2 Å². The molecule has 130 valence electrons. The van der Waals surface area contributed by atoms with Gasteiger partial charge in [0.25, 0.3) is 5.91 Å². The smallest absolute Gasteiger partial charge is 0.278 e. The molecule has 1 fully saturated rings. The number of aromatic nitrogens is 3. The number of benzene rings is 1. The Hall–Kier alpha value is -2.70. The summed E-state index contributed by atoms with van der Waals surface area (Å²) >= 11 is 0. The summed E-state index contributed by atoms with van der Waals surface area (Å²) in [5, 5.41) is 7.66. The first kappa shape index (κ1) is 15.8. The monoisotopic (exact) mass is 339 g/mol. The van der Waals surface area contributed by atoms with E-state index >= 15 is 0 Å². The maximum atomic E-state index is 12.9. The fourth-order valence-electron chi connectivity index (χ4n) is 3.81. The summed E-state index contributed by atoms with van der Waals surface area (Å²) in [6, 6.07) is 8.03. The fourth-order valence-corrected chi connectivity index (χ4v) is 3.81. The predicted octanol–water partition coefficient (Wildman–Crippen LogP) is 1.57. The molecule has 1 aromatic heterocycles. The third kappa shape index (κ3) is 2.79. The number of aryl methyl sites for hydroxylation is 1. The molecule has 2 amide bonds. The van der Waals surface area contributed by atoms with Gasteiger partial charge >= 0.3 is 0 Å². The van der Waals surface area contributed by atoms with Crippen molar-refractivity contribution in [2.45, 2.75) is 25.2 Å². The van der Waals surface area contributed by atoms with Crippen molar-refractivity contribution in [1.29, 1.82) is 0 Å². The van der Waals surface area contributed by atoms with Gasteiger partial charge in [0, 0.05) is 44.7 Å². The first-order valence-corrected chi connectivity index (χ1v) is 8.68. The van der Waals surface area contributed by atoms with E-state index in [0.29, 0.717) is 18.7 Å². The van der Waals surface area contributed by atoms with Gasteiger partial charge in [0.05, 0.1) is 6.20 Å². The molecule has 0 N–H and O–H groups in total. The van der Waals surface area contributed by atoms with Gasteiger partial charge in [-0.05, 0) is 24.5 Å². The molecular formula is C18H21N5O2. The number of carbonyl (C=O) groups excluding carboxylic acids is 2. The number of hydrogen-bond acceptors (Lipinski definition) is 4. The van der Waals surface area contributed by atoms with Gasteiger partial charge in [0.1, 0.15) is 5.69 Å². The van der Waals surface area contributed by atoms with Crippen LogP contribution in [0.4, 0.5) is 5.69 Å². The molecule has 0 aliphatic carbocycles. The number of nitrogens with zero attached hydrogens (tertiary/aromatic N) is 5. The van der Waals surface area contributed by atoms with E-state index in [0.717, 1.165) is 31.6 Å². The van der Waals surface area contributed by atoms with Gasteiger partial charge in [0.15, 0.2) is 0 Å². The Balaban J connectivity index is 1.54. The van der Waals surface area contributed by atoms with Crippen molar-refractivity contribution < 1.29 is 9.59 Å². The van der Waals surface area contributed by atoms with E-state index in [4.69, 9.17) is 0 Å². The molecule has 0 spiro atoms. The number of carbonyl (C=O) groups is 2. The largest absolute Gasteiger partial charge is 0.343 e. The quantitative estimate of drug-likeness (QED) is 0.848. The summed E-state index contributed by atoms with van der Waals surface area (Å²) in [4.78, 5) is 28.5. The second-order valence-electron chi connectivity index (χ2n) is 6.69. The Labute approximate surface area is 146 Å². The molecule has 1 aromatic carbocycles. The Morgan fingerprint density at radius 1 is 1.32 bits per heavy atom. The summed E-state index contributed by atoms with van der Waals surface area (Å²) in [6.45, 7) is 2.25. The van der Waals surface area contributed by atoms with Crippen LogP contribution in [0, 0.1) is 0 Å². The van der Waals surface area contributed by atoms with Crippen LogP contribution in [0.25, 0.3) is 0 Å². The van der Waals surface area contributed by atoms with Crippen molar-refractivity contribution in [2.24, 2.45) is 7.05 Å². The second kappa shape index (κ2) is 6.31. The highest BCUT2D eigenvalue weighted by atomic mass is 16.2. The minimum absolute atomic E-state index is 0.0836. The average Bonchev–Trinajstić information content (AvgIpc) is 3.31. The van der Waals surface area contributed by atoms with Crippen molar-refractivity contribution in [3.05, 3.63) is 41.7 Å². The molecule has 4 rings (SSSR count). The lowest BCUT2D eigenvalue weighted by Crippen LogP contribution is -2.32. The predicted molar refractivity (Wildman–Crippen MR) is 92.3 cm³/mol. The molecule has 0 radical (unpaired) electrons. The first-order valence-electron chi connectivity index (χ1n) is 8.68. The van der Waals surface area contributed by atoms with Gasteiger partial charge in [-0.3, -0.25) is 9.59 Å². The Morgan fingerprint density at radius 3 is 2.88 bits per heavy atom. The molecular weight excluding hydrogens is 318 g/mol. The molecule has 2 aliphatic heterocycles. The number of likely N-dealkylation sites (tertiary alicyclic amines) is 1. The topological polar surface area (TPSA) is 71.3 Å². The van der Waals surface area contributed by atoms with E-state index in [2.05, 4.69) is 16.4 Å². The highest BCUT2D eigenvalue weighted by molar-refractivity contribution is 6.06. The third-order valence-corrected chi connectivity index (χ3v) is 5.17. The highest BCUT2D eigenvalue weighted by Gasteiger charge is 2.34. The van der Waals surface area contributed by atoms with Crippen molar-refractivity contribution in [3.8, 4) is 0 Å². The van der Waals surface area contributed by atoms with Gasteiger partial charge in [-0.2, -0.15) is 0 Å². The standard InChI is InChI=1S/C18H21N5O2/c1-21-16(11-19-20-21)18(25)23-12-13(14-5-2-3-6-15(14)23)8-10-22-9-4-7-17(22)24/h2-3,5-6,11,13H,4,7-10,12H2,1H3/t13-/m0/s1. The molecule has 25 heavy (non-hydrogen) atoms. The van der Waals surface area contributed by atoms with Crippen molar-refractivity contribution in [2.75, 3.05) is 24.5 Å². The summed E-state index contributed by atoms with van der Waals surface area (Å²) in [6.07, 6.45) is 3.99. The molecule has 7 heteroatoms. The number of amides is 2. The normalized spacial score (nSPS) is 19.6. The zero-order chi connectivity index (χ0) is 17.4. The average molecular weight is 339 g/mol. The Morgan fingerprint density at radius 2 is 2.16 bits per heavy atom. The molecule has 0 unspecified atom stereocenters. The van der Waals surface area contributed by atoms with E-state index in [-0.39, 0.29) is 17.7 Å². The minimum atomic E-state index is -0.0836. The zero-order valence-electron chi connectivity index (χ0n) is 14.3. The van der Waals surface area contributed by atoms with Crippen molar-refractivity contribution in [1.82, 2.24) is 19.9 Å². The molecule has 2 aliphatic rings. The maximum Gasteiger partial charge on any atom is 0.278 e. The van der Waals surface area contributed by atoms with Crippen molar-refractivity contribution in [3.63, 3.8) is 0 Å². The van der Waals surface area contributed by atoms with Crippen LogP contribution in [0.2, 0.25) is 0 Å².